The van der Waals surface area contributed by atoms with Crippen molar-refractivity contribution in [2.24, 2.45) is 0 Å². The van der Waals surface area contributed by atoms with Gasteiger partial charge in [0.1, 0.15) is 0 Å². The van der Waals surface area contributed by atoms with Gasteiger partial charge in [-0.2, -0.15) is 0 Å². The van der Waals surface area contributed by atoms with Crippen LogP contribution < -0.4 is 5.32 Å². The third kappa shape index (κ3) is 4.70. The maximum Gasteiger partial charge on any atom is 0.306 e. The zero-order valence-electron chi connectivity index (χ0n) is 11.6. The predicted octanol–water partition coefficient (Wildman–Crippen LogP) is 2.20. The summed E-state index contributed by atoms with van der Waals surface area (Å²) in [6.45, 7) is 0.223. The minimum absolute atomic E-state index is 0.0733. The Morgan fingerprint density at radius 3 is 1.86 bits per heavy atom. The van der Waals surface area contributed by atoms with E-state index in [1.165, 1.54) is 0 Å². The molecule has 2 rings (SSSR count). The SMILES string of the molecule is O=C(O)CC(O)CNC(c1ccccc1)c1ccccc1. The molecular formula is C17H19NO3. The highest BCUT2D eigenvalue weighted by Gasteiger charge is 2.16. The number of carbonyl (C=O) groups is 1. The first-order chi connectivity index (χ1) is 10.2. The Kier molecular flexibility index (Phi) is 5.49. The van der Waals surface area contributed by atoms with Crippen LogP contribution in [-0.2, 0) is 4.79 Å². The van der Waals surface area contributed by atoms with Gasteiger partial charge in [0.25, 0.3) is 0 Å². The molecule has 4 heteroatoms. The molecule has 1 atom stereocenters. The first-order valence-electron chi connectivity index (χ1n) is 6.90. The first-order valence-corrected chi connectivity index (χ1v) is 6.90. The second kappa shape index (κ2) is 7.57. The molecule has 2 aromatic carbocycles. The van der Waals surface area contributed by atoms with Crippen LogP contribution in [0.15, 0.2) is 60.7 Å². The highest BCUT2D eigenvalue weighted by Crippen LogP contribution is 2.21. The van der Waals surface area contributed by atoms with Gasteiger partial charge in [-0.3, -0.25) is 4.79 Å². The maximum absolute atomic E-state index is 10.6. The third-order valence-electron chi connectivity index (χ3n) is 3.23. The van der Waals surface area contributed by atoms with Gasteiger partial charge in [-0.25, -0.2) is 0 Å². The molecule has 0 aromatic heterocycles. The van der Waals surface area contributed by atoms with Crippen molar-refractivity contribution in [3.63, 3.8) is 0 Å². The molecule has 2 aromatic rings. The quantitative estimate of drug-likeness (QED) is 0.729. The third-order valence-corrected chi connectivity index (χ3v) is 3.23. The van der Waals surface area contributed by atoms with Gasteiger partial charge < -0.3 is 15.5 Å². The number of hydrogen-bond donors (Lipinski definition) is 3. The van der Waals surface area contributed by atoms with E-state index >= 15 is 0 Å². The molecule has 0 saturated heterocycles. The number of carboxylic acids is 1. The highest BCUT2D eigenvalue weighted by atomic mass is 16.4. The second-order valence-corrected chi connectivity index (χ2v) is 4.91. The van der Waals surface area contributed by atoms with E-state index in [0.717, 1.165) is 11.1 Å². The molecule has 0 radical (unpaired) electrons. The summed E-state index contributed by atoms with van der Waals surface area (Å²) in [4.78, 5) is 10.6. The van der Waals surface area contributed by atoms with Gasteiger partial charge >= 0.3 is 5.97 Å². The summed E-state index contributed by atoms with van der Waals surface area (Å²) in [6, 6.07) is 19.7. The molecular weight excluding hydrogens is 266 g/mol. The number of aliphatic hydroxyl groups is 1. The summed E-state index contributed by atoms with van der Waals surface area (Å²) in [7, 11) is 0. The summed E-state index contributed by atoms with van der Waals surface area (Å²) in [6.07, 6.45) is -1.17. The Morgan fingerprint density at radius 2 is 1.43 bits per heavy atom. The molecule has 0 saturated carbocycles. The Balaban J connectivity index is 2.12. The lowest BCUT2D eigenvalue weighted by atomic mass is 9.98. The number of carboxylic acid groups (broad SMARTS) is 1. The van der Waals surface area contributed by atoms with E-state index in [0.29, 0.717) is 0 Å². The van der Waals surface area contributed by atoms with Crippen LogP contribution in [0.5, 0.6) is 0 Å². The highest BCUT2D eigenvalue weighted by molar-refractivity contribution is 5.67. The van der Waals surface area contributed by atoms with Crippen molar-refractivity contribution in [1.82, 2.24) is 5.32 Å². The number of rotatable bonds is 7. The Labute approximate surface area is 124 Å². The Hall–Kier alpha value is -2.17. The van der Waals surface area contributed by atoms with E-state index in [9.17, 15) is 9.90 Å². The molecule has 0 spiro atoms. The van der Waals surface area contributed by atoms with Crippen molar-refractivity contribution in [3.05, 3.63) is 71.8 Å². The lowest BCUT2D eigenvalue weighted by Gasteiger charge is -2.21. The van der Waals surface area contributed by atoms with Crippen molar-refractivity contribution >= 4 is 5.97 Å². The van der Waals surface area contributed by atoms with Crippen molar-refractivity contribution in [3.8, 4) is 0 Å². The van der Waals surface area contributed by atoms with Crippen LogP contribution in [-0.4, -0.2) is 28.8 Å². The van der Waals surface area contributed by atoms with Gasteiger partial charge in [0.15, 0.2) is 0 Å². The molecule has 0 aliphatic carbocycles. The van der Waals surface area contributed by atoms with Gasteiger partial charge in [0.2, 0.25) is 0 Å². The Morgan fingerprint density at radius 1 is 0.952 bits per heavy atom. The van der Waals surface area contributed by atoms with Crippen molar-refractivity contribution < 1.29 is 15.0 Å². The molecule has 110 valence electrons. The van der Waals surface area contributed by atoms with Gasteiger partial charge in [-0.05, 0) is 11.1 Å². The first kappa shape index (κ1) is 15.2. The molecule has 1 unspecified atom stereocenters. The second-order valence-electron chi connectivity index (χ2n) is 4.91. The van der Waals surface area contributed by atoms with E-state index in [-0.39, 0.29) is 19.0 Å². The number of benzene rings is 2. The average molecular weight is 285 g/mol. The number of hydrogen-bond acceptors (Lipinski definition) is 3. The summed E-state index contributed by atoms with van der Waals surface area (Å²) >= 11 is 0. The minimum atomic E-state index is -1.000. The molecule has 3 N–H and O–H groups in total. The number of aliphatic hydroxyl groups excluding tert-OH is 1. The Bertz CT molecular complexity index is 517. The summed E-state index contributed by atoms with van der Waals surface area (Å²) in [5.41, 5.74) is 2.15. The van der Waals surface area contributed by atoms with Crippen LogP contribution in [0.3, 0.4) is 0 Å². The minimum Gasteiger partial charge on any atom is -0.481 e. The molecule has 0 fully saturated rings. The van der Waals surface area contributed by atoms with Crippen LogP contribution in [0.2, 0.25) is 0 Å². The van der Waals surface area contributed by atoms with Crippen LogP contribution in [0.1, 0.15) is 23.6 Å². The zero-order valence-corrected chi connectivity index (χ0v) is 11.6. The fourth-order valence-corrected chi connectivity index (χ4v) is 2.25. The summed E-state index contributed by atoms with van der Waals surface area (Å²) in [5, 5.41) is 21.7. The summed E-state index contributed by atoms with van der Waals surface area (Å²) < 4.78 is 0. The van der Waals surface area contributed by atoms with E-state index in [4.69, 9.17) is 5.11 Å². The number of aliphatic carboxylic acids is 1. The van der Waals surface area contributed by atoms with Crippen molar-refractivity contribution in [2.45, 2.75) is 18.6 Å². The molecule has 0 amide bonds. The van der Waals surface area contributed by atoms with Gasteiger partial charge in [0.05, 0.1) is 18.6 Å². The van der Waals surface area contributed by atoms with Gasteiger partial charge in [0, 0.05) is 6.54 Å². The monoisotopic (exact) mass is 285 g/mol. The number of nitrogens with one attached hydrogen (secondary N) is 1. The van der Waals surface area contributed by atoms with Gasteiger partial charge in [-0.1, -0.05) is 60.7 Å². The fourth-order valence-electron chi connectivity index (χ4n) is 2.25. The molecule has 0 heterocycles. The van der Waals surface area contributed by atoms with E-state index in [1.807, 2.05) is 60.7 Å². The van der Waals surface area contributed by atoms with Crippen LogP contribution in [0.25, 0.3) is 0 Å². The molecule has 4 nitrogen and oxygen atoms in total. The normalized spacial score (nSPS) is 12.3. The molecule has 21 heavy (non-hydrogen) atoms. The van der Waals surface area contributed by atoms with Crippen LogP contribution in [0.4, 0.5) is 0 Å². The van der Waals surface area contributed by atoms with Crippen LogP contribution in [0, 0.1) is 0 Å². The lowest BCUT2D eigenvalue weighted by Crippen LogP contribution is -2.32. The predicted molar refractivity (Wildman–Crippen MR) is 81.0 cm³/mol. The average Bonchev–Trinajstić information content (AvgIpc) is 2.49. The zero-order chi connectivity index (χ0) is 15.1. The van der Waals surface area contributed by atoms with E-state index in [2.05, 4.69) is 5.32 Å². The topological polar surface area (TPSA) is 69.6 Å². The van der Waals surface area contributed by atoms with E-state index < -0.39 is 12.1 Å². The van der Waals surface area contributed by atoms with Crippen LogP contribution >= 0.6 is 0 Å². The van der Waals surface area contributed by atoms with Crippen molar-refractivity contribution in [1.29, 1.82) is 0 Å². The molecule has 0 aliphatic heterocycles. The molecule has 0 bridgehead atoms. The van der Waals surface area contributed by atoms with Gasteiger partial charge in [-0.15, -0.1) is 0 Å². The standard InChI is InChI=1S/C17H19NO3/c19-15(11-16(20)21)12-18-17(13-7-3-1-4-8-13)14-9-5-2-6-10-14/h1-10,15,17-19H,11-12H2,(H,20,21). The maximum atomic E-state index is 10.6. The largest absolute Gasteiger partial charge is 0.481 e. The van der Waals surface area contributed by atoms with E-state index in [1.54, 1.807) is 0 Å². The summed E-state index contributed by atoms with van der Waals surface area (Å²) in [5.74, 6) is -1.000. The smallest absolute Gasteiger partial charge is 0.306 e. The van der Waals surface area contributed by atoms with Crippen molar-refractivity contribution in [2.75, 3.05) is 6.54 Å². The molecule has 0 aliphatic rings. The fraction of sp³-hybridized carbons (Fsp3) is 0.235. The lowest BCUT2D eigenvalue weighted by molar-refractivity contribution is -0.139.